The number of para-hydroxylation sites is 2. The molecule has 2 amide bonds. The molecular formula is C68H54N4O2. The molecule has 0 saturated heterocycles. The molecule has 0 aromatic heterocycles. The van der Waals surface area contributed by atoms with Crippen LogP contribution in [0.3, 0.4) is 0 Å². The number of carbonyl (C=O) groups is 2. The van der Waals surface area contributed by atoms with Crippen molar-refractivity contribution in [2.45, 2.75) is 20.4 Å². The van der Waals surface area contributed by atoms with Gasteiger partial charge in [0, 0.05) is 40.7 Å². The summed E-state index contributed by atoms with van der Waals surface area (Å²) >= 11 is 0. The Balaban J connectivity index is 1.03. The molecule has 358 valence electrons. The number of fused-ring (bicyclic) bond motifs is 1. The third-order valence-corrected chi connectivity index (χ3v) is 13.6. The second-order valence-corrected chi connectivity index (χ2v) is 18.7. The van der Waals surface area contributed by atoms with Crippen LogP contribution in [0.5, 0.6) is 0 Å². The van der Waals surface area contributed by atoms with E-state index in [4.69, 9.17) is 0 Å². The first-order chi connectivity index (χ1) is 36.4. The van der Waals surface area contributed by atoms with Crippen molar-refractivity contribution >= 4 is 75.6 Å². The summed E-state index contributed by atoms with van der Waals surface area (Å²) in [6.07, 6.45) is 8.22. The first-order valence-corrected chi connectivity index (χ1v) is 25.1. The van der Waals surface area contributed by atoms with Crippen LogP contribution in [0.15, 0.2) is 260 Å². The van der Waals surface area contributed by atoms with Gasteiger partial charge in [0.15, 0.2) is 0 Å². The Morgan fingerprint density at radius 3 is 1.12 bits per heavy atom. The Hall–Kier alpha value is -9.52. The first-order valence-electron chi connectivity index (χ1n) is 25.1. The Morgan fingerprint density at radius 2 is 0.689 bits per heavy atom. The molecule has 0 fully saturated rings. The van der Waals surface area contributed by atoms with Gasteiger partial charge in [-0.1, -0.05) is 205 Å². The number of amides is 2. The van der Waals surface area contributed by atoms with Gasteiger partial charge in [-0.05, 0) is 120 Å². The summed E-state index contributed by atoms with van der Waals surface area (Å²) in [7, 11) is 0. The van der Waals surface area contributed by atoms with E-state index in [-0.39, 0.29) is 24.9 Å². The molecule has 0 atom stereocenters. The third-order valence-electron chi connectivity index (χ3n) is 13.6. The van der Waals surface area contributed by atoms with Gasteiger partial charge in [-0.25, -0.2) is 0 Å². The van der Waals surface area contributed by atoms with Crippen LogP contribution >= 0.6 is 0 Å². The van der Waals surface area contributed by atoms with Crippen molar-refractivity contribution in [3.05, 3.63) is 304 Å². The van der Waals surface area contributed by atoms with Crippen LogP contribution < -0.4 is 9.80 Å². The molecule has 2 aliphatic rings. The lowest BCUT2D eigenvalue weighted by Crippen LogP contribution is -2.30. The maximum absolute atomic E-state index is 15.6. The van der Waals surface area contributed by atoms with Crippen LogP contribution in [0, 0.1) is 13.8 Å². The van der Waals surface area contributed by atoms with Crippen molar-refractivity contribution in [2.75, 3.05) is 16.3 Å². The Bertz CT molecular complexity index is 3550. The van der Waals surface area contributed by atoms with Gasteiger partial charge in [-0.2, -0.15) is 0 Å². The normalized spacial score (nSPS) is 13.4. The van der Waals surface area contributed by atoms with Gasteiger partial charge >= 0.3 is 0 Å². The number of hydrogen-bond acceptors (Lipinski definition) is 4. The Morgan fingerprint density at radius 1 is 0.351 bits per heavy atom. The summed E-state index contributed by atoms with van der Waals surface area (Å²) in [5.74, 6) is -0.436. The molecule has 2 aliphatic heterocycles. The fourth-order valence-corrected chi connectivity index (χ4v) is 9.83. The third kappa shape index (κ3) is 9.77. The summed E-state index contributed by atoms with van der Waals surface area (Å²) in [5.41, 5.74) is 16.0. The number of anilines is 6. The highest BCUT2D eigenvalue weighted by Crippen LogP contribution is 2.48. The molecule has 0 bridgehead atoms. The molecule has 6 nitrogen and oxygen atoms in total. The zero-order valence-corrected chi connectivity index (χ0v) is 41.4. The number of aryl methyl sites for hydroxylation is 2. The highest BCUT2D eigenvalue weighted by atomic mass is 16.2. The standard InChI is InChI=1S/C68H54N4O2/c1-49-25-39-59(40-26-49)71(57-21-11-5-12-22-57)61-43-35-55(36-44-61)65-63-64(67(73)69(65)47-15-20-51-16-7-3-8-17-51)66(70(68(63)74)48-54-33-31-53(32-34-54)30-29-52-18-9-4-10-19-52)56-37-45-62(46-38-56)72(58-23-13-6-14-24-58)60-41-27-50(2)28-42-60/h3-46H,47-48H2,1-2H3. The second kappa shape index (κ2) is 21.1. The largest absolute Gasteiger partial charge is 0.311 e. The predicted molar refractivity (Wildman–Crippen MR) is 305 cm³/mol. The average molecular weight is 959 g/mol. The number of rotatable bonds is 15. The Kier molecular flexibility index (Phi) is 13.3. The van der Waals surface area contributed by atoms with Gasteiger partial charge < -0.3 is 19.6 Å². The lowest BCUT2D eigenvalue weighted by molar-refractivity contribution is -0.124. The lowest BCUT2D eigenvalue weighted by atomic mass is 10.0. The topological polar surface area (TPSA) is 47.1 Å². The fourth-order valence-electron chi connectivity index (χ4n) is 9.83. The average Bonchev–Trinajstić information content (AvgIpc) is 3.89. The SMILES string of the molecule is Cc1ccc(N(c2ccccc2)c2ccc(C3=C4C(=O)N(Cc5ccc(C=Cc6ccccc6)cc5)C(c5ccc(N(c6ccccc6)c6ccc(C)cc6)cc5)=C4C(=O)N3CC=Cc3ccccc3)cc2)cc1. The Labute approximate surface area is 434 Å². The minimum Gasteiger partial charge on any atom is -0.311 e. The summed E-state index contributed by atoms with van der Waals surface area (Å²) in [4.78, 5) is 39.2. The van der Waals surface area contributed by atoms with Gasteiger partial charge in [-0.15, -0.1) is 0 Å². The van der Waals surface area contributed by atoms with Crippen LogP contribution in [0.1, 0.15) is 44.5 Å². The zero-order valence-electron chi connectivity index (χ0n) is 41.4. The molecule has 74 heavy (non-hydrogen) atoms. The fraction of sp³-hybridized carbons (Fsp3) is 0.0588. The summed E-state index contributed by atoms with van der Waals surface area (Å²) < 4.78 is 0. The van der Waals surface area contributed by atoms with Crippen molar-refractivity contribution < 1.29 is 9.59 Å². The van der Waals surface area contributed by atoms with Crippen molar-refractivity contribution in [1.82, 2.24) is 9.80 Å². The minimum absolute atomic E-state index is 0.217. The maximum atomic E-state index is 15.6. The van der Waals surface area contributed by atoms with Gasteiger partial charge in [0.25, 0.3) is 11.8 Å². The molecule has 0 aliphatic carbocycles. The van der Waals surface area contributed by atoms with Gasteiger partial charge in [0.2, 0.25) is 0 Å². The number of hydrogen-bond donors (Lipinski definition) is 0. The van der Waals surface area contributed by atoms with Crippen molar-refractivity contribution in [1.29, 1.82) is 0 Å². The van der Waals surface area contributed by atoms with E-state index >= 15 is 9.59 Å². The van der Waals surface area contributed by atoms with Crippen LogP contribution in [0.2, 0.25) is 0 Å². The first kappa shape index (κ1) is 46.8. The van der Waals surface area contributed by atoms with Crippen LogP contribution in [0.4, 0.5) is 34.1 Å². The molecule has 0 spiro atoms. The molecule has 0 saturated carbocycles. The summed E-state index contributed by atoms with van der Waals surface area (Å²) in [5, 5.41) is 0. The van der Waals surface area contributed by atoms with E-state index < -0.39 is 0 Å². The summed E-state index contributed by atoms with van der Waals surface area (Å²) in [6.45, 7) is 4.71. The van der Waals surface area contributed by atoms with Crippen LogP contribution in [-0.2, 0) is 16.1 Å². The molecular weight excluding hydrogens is 905 g/mol. The highest BCUT2D eigenvalue weighted by molar-refractivity contribution is 6.30. The number of carbonyl (C=O) groups excluding carboxylic acids is 2. The van der Waals surface area contributed by atoms with E-state index in [1.165, 1.54) is 11.1 Å². The van der Waals surface area contributed by atoms with E-state index in [2.05, 4.69) is 169 Å². The molecule has 9 aromatic rings. The highest BCUT2D eigenvalue weighted by Gasteiger charge is 2.48. The summed E-state index contributed by atoms with van der Waals surface area (Å²) in [6, 6.07) is 82.7. The van der Waals surface area contributed by atoms with Gasteiger partial charge in [0.05, 0.1) is 29.1 Å². The lowest BCUT2D eigenvalue weighted by Gasteiger charge is -2.27. The van der Waals surface area contributed by atoms with Crippen molar-refractivity contribution in [2.24, 2.45) is 0 Å². The molecule has 6 heteroatoms. The maximum Gasteiger partial charge on any atom is 0.261 e. The number of benzene rings is 9. The molecule has 2 heterocycles. The molecule has 0 radical (unpaired) electrons. The van der Waals surface area contributed by atoms with E-state index in [0.717, 1.165) is 67.5 Å². The van der Waals surface area contributed by atoms with Gasteiger partial charge in [0.1, 0.15) is 0 Å². The van der Waals surface area contributed by atoms with E-state index in [0.29, 0.717) is 22.5 Å². The van der Waals surface area contributed by atoms with E-state index in [1.54, 1.807) is 9.80 Å². The molecule has 9 aromatic carbocycles. The van der Waals surface area contributed by atoms with E-state index in [1.807, 2.05) is 121 Å². The second-order valence-electron chi connectivity index (χ2n) is 18.7. The minimum atomic E-state index is -0.218. The monoisotopic (exact) mass is 958 g/mol. The molecule has 11 rings (SSSR count). The predicted octanol–water partition coefficient (Wildman–Crippen LogP) is 16.1. The zero-order chi connectivity index (χ0) is 50.4. The number of nitrogens with zero attached hydrogens (tertiary/aromatic N) is 4. The van der Waals surface area contributed by atoms with Crippen LogP contribution in [-0.4, -0.2) is 28.2 Å². The van der Waals surface area contributed by atoms with E-state index in [9.17, 15) is 0 Å². The quantitative estimate of drug-likeness (QED) is 0.0961. The molecule has 0 N–H and O–H groups in total. The van der Waals surface area contributed by atoms with Crippen molar-refractivity contribution in [3.63, 3.8) is 0 Å². The smallest absolute Gasteiger partial charge is 0.261 e. The molecule has 0 unspecified atom stereocenters. The van der Waals surface area contributed by atoms with Crippen LogP contribution in [0.25, 0.3) is 29.6 Å². The van der Waals surface area contributed by atoms with Crippen molar-refractivity contribution in [3.8, 4) is 0 Å². The van der Waals surface area contributed by atoms with Gasteiger partial charge in [-0.3, -0.25) is 9.59 Å².